The molecule has 3 N–H and O–H groups in total. The summed E-state index contributed by atoms with van der Waals surface area (Å²) in [6.07, 6.45) is 0. The number of nitrogens with one attached hydrogen (secondary N) is 3. The molecular formula is C16H27N3O3S. The van der Waals surface area contributed by atoms with Crippen LogP contribution in [0.5, 0.6) is 0 Å². The van der Waals surface area contributed by atoms with Gasteiger partial charge in [0.1, 0.15) is 0 Å². The Labute approximate surface area is 139 Å². The van der Waals surface area contributed by atoms with Gasteiger partial charge >= 0.3 is 0 Å². The van der Waals surface area contributed by atoms with Crippen molar-refractivity contribution in [2.24, 2.45) is 5.92 Å². The van der Waals surface area contributed by atoms with Gasteiger partial charge in [-0.1, -0.05) is 20.8 Å². The summed E-state index contributed by atoms with van der Waals surface area (Å²) >= 11 is 0. The minimum atomic E-state index is -3.52. The molecule has 0 fully saturated rings. The van der Waals surface area contributed by atoms with Crippen LogP contribution in [0.25, 0.3) is 0 Å². The first-order valence-electron chi connectivity index (χ1n) is 7.87. The van der Waals surface area contributed by atoms with Gasteiger partial charge in [-0.05, 0) is 43.7 Å². The maximum absolute atomic E-state index is 12.1. The van der Waals surface area contributed by atoms with Crippen molar-refractivity contribution >= 4 is 15.9 Å². The molecule has 0 heterocycles. The molecule has 0 unspecified atom stereocenters. The standard InChI is InChI=1S/C16H27N3O3S/c1-5-17-13(4)11-18-16(20)14-6-8-15(9-7-14)23(21,22)19-10-12(2)3/h6-9,12-13,17,19H,5,10-11H2,1-4H3,(H,18,20)/t13-/m1/s1. The maximum atomic E-state index is 12.1. The van der Waals surface area contributed by atoms with E-state index in [2.05, 4.69) is 15.4 Å². The van der Waals surface area contributed by atoms with E-state index in [4.69, 9.17) is 0 Å². The number of amides is 1. The number of rotatable bonds is 9. The molecule has 23 heavy (non-hydrogen) atoms. The van der Waals surface area contributed by atoms with Crippen molar-refractivity contribution in [3.63, 3.8) is 0 Å². The highest BCUT2D eigenvalue weighted by Crippen LogP contribution is 2.11. The third-order valence-electron chi connectivity index (χ3n) is 3.23. The van der Waals surface area contributed by atoms with Gasteiger partial charge in [0.05, 0.1) is 4.90 Å². The molecule has 6 nitrogen and oxygen atoms in total. The van der Waals surface area contributed by atoms with E-state index in [9.17, 15) is 13.2 Å². The Morgan fingerprint density at radius 1 is 1.09 bits per heavy atom. The number of hydrogen-bond donors (Lipinski definition) is 3. The Bertz CT molecular complexity index is 598. The van der Waals surface area contributed by atoms with Crippen LogP contribution in [-0.4, -0.2) is 40.0 Å². The maximum Gasteiger partial charge on any atom is 0.251 e. The Morgan fingerprint density at radius 2 is 1.70 bits per heavy atom. The Morgan fingerprint density at radius 3 is 2.22 bits per heavy atom. The van der Waals surface area contributed by atoms with Crippen molar-refractivity contribution < 1.29 is 13.2 Å². The van der Waals surface area contributed by atoms with E-state index < -0.39 is 10.0 Å². The third kappa shape index (κ3) is 6.68. The predicted octanol–water partition coefficient (Wildman–Crippen LogP) is 1.35. The lowest BCUT2D eigenvalue weighted by Gasteiger charge is -2.13. The summed E-state index contributed by atoms with van der Waals surface area (Å²) in [6.45, 7) is 9.60. The number of carbonyl (C=O) groups excluding carboxylic acids is 1. The van der Waals surface area contributed by atoms with Gasteiger partial charge in [0.2, 0.25) is 10.0 Å². The van der Waals surface area contributed by atoms with Crippen LogP contribution in [0.15, 0.2) is 29.2 Å². The second-order valence-corrected chi connectivity index (χ2v) is 7.71. The minimum Gasteiger partial charge on any atom is -0.350 e. The Balaban J connectivity index is 2.67. The Hall–Kier alpha value is -1.44. The van der Waals surface area contributed by atoms with Crippen LogP contribution in [0.4, 0.5) is 0 Å². The summed E-state index contributed by atoms with van der Waals surface area (Å²) in [5.74, 6) is 0.0161. The molecule has 1 atom stereocenters. The van der Waals surface area contributed by atoms with Gasteiger partial charge in [-0.25, -0.2) is 13.1 Å². The van der Waals surface area contributed by atoms with E-state index >= 15 is 0 Å². The van der Waals surface area contributed by atoms with Crippen molar-refractivity contribution in [2.75, 3.05) is 19.6 Å². The highest BCUT2D eigenvalue weighted by Gasteiger charge is 2.15. The fourth-order valence-corrected chi connectivity index (χ4v) is 3.13. The summed E-state index contributed by atoms with van der Waals surface area (Å²) in [5.41, 5.74) is 0.441. The molecule has 1 aromatic carbocycles. The fraction of sp³-hybridized carbons (Fsp3) is 0.562. The summed E-state index contributed by atoms with van der Waals surface area (Å²) in [6, 6.07) is 6.13. The van der Waals surface area contributed by atoms with Crippen molar-refractivity contribution in [3.05, 3.63) is 29.8 Å². The highest BCUT2D eigenvalue weighted by molar-refractivity contribution is 7.89. The summed E-state index contributed by atoms with van der Waals surface area (Å²) < 4.78 is 26.7. The average Bonchev–Trinajstić information content (AvgIpc) is 2.51. The molecule has 1 rings (SSSR count). The van der Waals surface area contributed by atoms with E-state index in [0.717, 1.165) is 6.54 Å². The molecule has 1 amide bonds. The van der Waals surface area contributed by atoms with Crippen LogP contribution in [0.2, 0.25) is 0 Å². The molecule has 7 heteroatoms. The lowest BCUT2D eigenvalue weighted by atomic mass is 10.2. The van der Waals surface area contributed by atoms with Gasteiger partial charge in [0, 0.05) is 24.7 Å². The molecule has 130 valence electrons. The topological polar surface area (TPSA) is 87.3 Å². The molecule has 0 aliphatic rings. The normalized spacial score (nSPS) is 13.1. The smallest absolute Gasteiger partial charge is 0.251 e. The zero-order chi connectivity index (χ0) is 17.5. The molecule has 0 saturated carbocycles. The number of sulfonamides is 1. The largest absolute Gasteiger partial charge is 0.350 e. The Kier molecular flexibility index (Phi) is 7.67. The summed E-state index contributed by atoms with van der Waals surface area (Å²) in [7, 11) is -3.52. The fourth-order valence-electron chi connectivity index (χ4n) is 1.91. The average molecular weight is 341 g/mol. The van der Waals surface area contributed by atoms with Crippen molar-refractivity contribution in [1.29, 1.82) is 0 Å². The van der Waals surface area contributed by atoms with Gasteiger partial charge in [0.15, 0.2) is 0 Å². The molecule has 0 aromatic heterocycles. The number of benzene rings is 1. The molecule has 0 aliphatic carbocycles. The van der Waals surface area contributed by atoms with Crippen LogP contribution < -0.4 is 15.4 Å². The van der Waals surface area contributed by atoms with Gasteiger partial charge in [-0.15, -0.1) is 0 Å². The van der Waals surface area contributed by atoms with Crippen LogP contribution in [0.3, 0.4) is 0 Å². The first kappa shape index (κ1) is 19.6. The van der Waals surface area contributed by atoms with E-state index in [-0.39, 0.29) is 22.8 Å². The van der Waals surface area contributed by atoms with E-state index in [1.807, 2.05) is 27.7 Å². The molecule has 1 aromatic rings. The van der Waals surface area contributed by atoms with Crippen molar-refractivity contribution in [1.82, 2.24) is 15.4 Å². The summed E-state index contributed by atoms with van der Waals surface area (Å²) in [4.78, 5) is 12.2. The number of hydrogen-bond acceptors (Lipinski definition) is 4. The van der Waals surface area contributed by atoms with Gasteiger partial charge in [-0.3, -0.25) is 4.79 Å². The van der Waals surface area contributed by atoms with Crippen LogP contribution in [-0.2, 0) is 10.0 Å². The SMILES string of the molecule is CCN[C@H](C)CNC(=O)c1ccc(S(=O)(=O)NCC(C)C)cc1. The monoisotopic (exact) mass is 341 g/mol. The second kappa shape index (κ2) is 9.00. The predicted molar refractivity (Wildman–Crippen MR) is 91.9 cm³/mol. The lowest BCUT2D eigenvalue weighted by Crippen LogP contribution is -2.38. The third-order valence-corrected chi connectivity index (χ3v) is 4.67. The molecular weight excluding hydrogens is 314 g/mol. The molecule has 0 aliphatic heterocycles. The van der Waals surface area contributed by atoms with E-state index in [1.54, 1.807) is 0 Å². The van der Waals surface area contributed by atoms with Gasteiger partial charge in [-0.2, -0.15) is 0 Å². The molecule has 0 spiro atoms. The zero-order valence-corrected chi connectivity index (χ0v) is 15.0. The van der Waals surface area contributed by atoms with Crippen LogP contribution in [0, 0.1) is 5.92 Å². The van der Waals surface area contributed by atoms with Gasteiger partial charge < -0.3 is 10.6 Å². The highest BCUT2D eigenvalue weighted by atomic mass is 32.2. The first-order valence-corrected chi connectivity index (χ1v) is 9.36. The first-order chi connectivity index (χ1) is 10.8. The van der Waals surface area contributed by atoms with Crippen molar-refractivity contribution in [3.8, 4) is 0 Å². The number of carbonyl (C=O) groups is 1. The van der Waals surface area contributed by atoms with Crippen LogP contribution >= 0.6 is 0 Å². The molecule has 0 radical (unpaired) electrons. The zero-order valence-electron chi connectivity index (χ0n) is 14.2. The van der Waals surface area contributed by atoms with Crippen LogP contribution in [0.1, 0.15) is 38.1 Å². The van der Waals surface area contributed by atoms with E-state index in [1.165, 1.54) is 24.3 Å². The lowest BCUT2D eigenvalue weighted by molar-refractivity contribution is 0.0950. The molecule has 0 bridgehead atoms. The summed E-state index contributed by atoms with van der Waals surface area (Å²) in [5, 5.41) is 6.02. The second-order valence-electron chi connectivity index (χ2n) is 5.94. The molecule has 0 saturated heterocycles. The van der Waals surface area contributed by atoms with E-state index in [0.29, 0.717) is 18.7 Å². The van der Waals surface area contributed by atoms with Crippen molar-refractivity contribution in [2.45, 2.75) is 38.6 Å². The quantitative estimate of drug-likeness (QED) is 0.633. The van der Waals surface area contributed by atoms with Gasteiger partial charge in [0.25, 0.3) is 5.91 Å². The minimum absolute atomic E-state index is 0.163. The number of likely N-dealkylation sites (N-methyl/N-ethyl adjacent to an activating group) is 1.